The zero-order chi connectivity index (χ0) is 32.5. The second-order valence-corrected chi connectivity index (χ2v) is 13.4. The summed E-state index contributed by atoms with van der Waals surface area (Å²) in [5, 5.41) is 0. The molecule has 0 heterocycles. The predicted molar refractivity (Wildman–Crippen MR) is 201 cm³/mol. The molecule has 0 spiro atoms. The van der Waals surface area contributed by atoms with Crippen LogP contribution < -0.4 is 4.74 Å². The SMILES string of the molecule is CCCCCCCCCCCCCCOC(C)c1ccc(-c2ccccc2-c2ccc(OCCCCCCCCCC)cc2)cc1. The van der Waals surface area contributed by atoms with Crippen LogP contribution in [-0.2, 0) is 4.74 Å². The van der Waals surface area contributed by atoms with E-state index in [1.165, 1.54) is 143 Å². The van der Waals surface area contributed by atoms with Crippen molar-refractivity contribution < 1.29 is 9.47 Å². The maximum atomic E-state index is 6.22. The Kier molecular flexibility index (Phi) is 20.2. The molecular formula is C44H66O2. The Morgan fingerprint density at radius 2 is 0.826 bits per heavy atom. The van der Waals surface area contributed by atoms with Gasteiger partial charge in [0.15, 0.2) is 0 Å². The monoisotopic (exact) mass is 627 g/mol. The van der Waals surface area contributed by atoms with E-state index in [0.29, 0.717) is 0 Å². The predicted octanol–water partition coefficient (Wildman–Crippen LogP) is 14.3. The van der Waals surface area contributed by atoms with Gasteiger partial charge in [0.05, 0.1) is 12.7 Å². The first kappa shape index (κ1) is 37.9. The van der Waals surface area contributed by atoms with Crippen molar-refractivity contribution in [3.05, 3.63) is 78.4 Å². The van der Waals surface area contributed by atoms with Crippen LogP contribution in [-0.4, -0.2) is 13.2 Å². The summed E-state index contributed by atoms with van der Waals surface area (Å²) < 4.78 is 12.3. The van der Waals surface area contributed by atoms with Crippen LogP contribution >= 0.6 is 0 Å². The molecule has 0 radical (unpaired) electrons. The van der Waals surface area contributed by atoms with E-state index in [1.807, 2.05) is 0 Å². The van der Waals surface area contributed by atoms with Gasteiger partial charge >= 0.3 is 0 Å². The fourth-order valence-corrected chi connectivity index (χ4v) is 6.38. The van der Waals surface area contributed by atoms with Crippen molar-refractivity contribution in [1.82, 2.24) is 0 Å². The fourth-order valence-electron chi connectivity index (χ4n) is 6.38. The first-order valence-corrected chi connectivity index (χ1v) is 19.3. The Labute approximate surface area is 283 Å². The molecular weight excluding hydrogens is 560 g/mol. The lowest BCUT2D eigenvalue weighted by molar-refractivity contribution is 0.0627. The molecule has 0 aliphatic heterocycles. The summed E-state index contributed by atoms with van der Waals surface area (Å²) in [5.74, 6) is 0.964. The van der Waals surface area contributed by atoms with Crippen molar-refractivity contribution in [2.75, 3.05) is 13.2 Å². The highest BCUT2D eigenvalue weighted by atomic mass is 16.5. The smallest absolute Gasteiger partial charge is 0.119 e. The summed E-state index contributed by atoms with van der Waals surface area (Å²) in [6.45, 7) is 8.40. The molecule has 46 heavy (non-hydrogen) atoms. The Balaban J connectivity index is 1.36. The van der Waals surface area contributed by atoms with Gasteiger partial charge in [-0.15, -0.1) is 0 Å². The number of benzene rings is 3. The summed E-state index contributed by atoms with van der Waals surface area (Å²) >= 11 is 0. The normalized spacial score (nSPS) is 12.0. The van der Waals surface area contributed by atoms with E-state index >= 15 is 0 Å². The summed E-state index contributed by atoms with van der Waals surface area (Å²) in [6, 6.07) is 26.3. The molecule has 2 heteroatoms. The van der Waals surface area contributed by atoms with E-state index in [0.717, 1.165) is 31.8 Å². The molecule has 0 fully saturated rings. The van der Waals surface area contributed by atoms with Gasteiger partial charge in [-0.05, 0) is 59.7 Å². The standard InChI is InChI=1S/C44H66O2/c1-4-6-8-10-12-14-15-16-17-19-20-24-36-45-38(3)39-28-30-40(31-29-39)43-26-22-23-27-44(43)41-32-34-42(35-33-41)46-37-25-21-18-13-11-9-7-5-2/h22-23,26-35,38H,4-21,24-25,36-37H2,1-3H3. The van der Waals surface area contributed by atoms with E-state index in [4.69, 9.17) is 9.47 Å². The van der Waals surface area contributed by atoms with Gasteiger partial charge in [-0.1, -0.05) is 190 Å². The molecule has 2 nitrogen and oxygen atoms in total. The van der Waals surface area contributed by atoms with E-state index in [1.54, 1.807) is 0 Å². The molecule has 0 amide bonds. The molecule has 254 valence electrons. The molecule has 0 bridgehead atoms. The first-order chi connectivity index (χ1) is 22.7. The van der Waals surface area contributed by atoms with Crippen molar-refractivity contribution in [2.24, 2.45) is 0 Å². The van der Waals surface area contributed by atoms with E-state index in [-0.39, 0.29) is 6.10 Å². The highest BCUT2D eigenvalue weighted by Gasteiger charge is 2.10. The number of ether oxygens (including phenoxy) is 2. The molecule has 0 N–H and O–H groups in total. The van der Waals surface area contributed by atoms with E-state index in [2.05, 4.69) is 93.6 Å². The van der Waals surface area contributed by atoms with Crippen LogP contribution in [0.3, 0.4) is 0 Å². The molecule has 0 aliphatic carbocycles. The van der Waals surface area contributed by atoms with E-state index < -0.39 is 0 Å². The lowest BCUT2D eigenvalue weighted by Crippen LogP contribution is -2.02. The molecule has 1 atom stereocenters. The summed E-state index contributed by atoms with van der Waals surface area (Å²) in [4.78, 5) is 0. The van der Waals surface area contributed by atoms with Gasteiger partial charge in [-0.2, -0.15) is 0 Å². The van der Waals surface area contributed by atoms with Crippen molar-refractivity contribution in [3.8, 4) is 28.0 Å². The largest absolute Gasteiger partial charge is 0.494 e. The molecule has 0 aliphatic rings. The zero-order valence-corrected chi connectivity index (χ0v) is 29.9. The van der Waals surface area contributed by atoms with Crippen molar-refractivity contribution in [2.45, 2.75) is 155 Å². The highest BCUT2D eigenvalue weighted by molar-refractivity contribution is 5.83. The van der Waals surface area contributed by atoms with Crippen LogP contribution in [0.2, 0.25) is 0 Å². The van der Waals surface area contributed by atoms with Gasteiger partial charge in [-0.25, -0.2) is 0 Å². The minimum absolute atomic E-state index is 0.121. The average molecular weight is 627 g/mol. The molecule has 0 saturated carbocycles. The third-order valence-corrected chi connectivity index (χ3v) is 9.42. The first-order valence-electron chi connectivity index (χ1n) is 19.3. The minimum Gasteiger partial charge on any atom is -0.494 e. The van der Waals surface area contributed by atoms with Crippen LogP contribution in [0.1, 0.15) is 161 Å². The maximum absolute atomic E-state index is 6.22. The lowest BCUT2D eigenvalue weighted by atomic mass is 9.94. The van der Waals surface area contributed by atoms with Crippen LogP contribution in [0.5, 0.6) is 5.75 Å². The van der Waals surface area contributed by atoms with Crippen LogP contribution in [0.15, 0.2) is 72.8 Å². The van der Waals surface area contributed by atoms with Gasteiger partial charge in [0.2, 0.25) is 0 Å². The minimum atomic E-state index is 0.121. The Bertz CT molecular complexity index is 1130. The number of hydrogen-bond acceptors (Lipinski definition) is 2. The Morgan fingerprint density at radius 3 is 1.28 bits per heavy atom. The van der Waals surface area contributed by atoms with Crippen molar-refractivity contribution in [3.63, 3.8) is 0 Å². The number of unbranched alkanes of at least 4 members (excludes halogenated alkanes) is 18. The Morgan fingerprint density at radius 1 is 0.435 bits per heavy atom. The second-order valence-electron chi connectivity index (χ2n) is 13.4. The van der Waals surface area contributed by atoms with Gasteiger partial charge in [0.1, 0.15) is 5.75 Å². The third kappa shape index (κ3) is 15.3. The fraction of sp³-hybridized carbons (Fsp3) is 0.591. The zero-order valence-electron chi connectivity index (χ0n) is 29.9. The molecule has 3 rings (SSSR count). The van der Waals surface area contributed by atoms with E-state index in [9.17, 15) is 0 Å². The molecule has 0 saturated heterocycles. The number of hydrogen-bond donors (Lipinski definition) is 0. The third-order valence-electron chi connectivity index (χ3n) is 9.42. The van der Waals surface area contributed by atoms with Crippen LogP contribution in [0, 0.1) is 0 Å². The average Bonchev–Trinajstić information content (AvgIpc) is 3.10. The van der Waals surface area contributed by atoms with Gasteiger partial charge in [0, 0.05) is 6.61 Å². The maximum Gasteiger partial charge on any atom is 0.119 e. The second kappa shape index (κ2) is 24.6. The highest BCUT2D eigenvalue weighted by Crippen LogP contribution is 2.34. The molecule has 3 aromatic carbocycles. The van der Waals surface area contributed by atoms with Gasteiger partial charge in [-0.3, -0.25) is 0 Å². The van der Waals surface area contributed by atoms with Gasteiger partial charge in [0.25, 0.3) is 0 Å². The molecule has 3 aromatic rings. The Hall–Kier alpha value is -2.58. The summed E-state index contributed by atoms with van der Waals surface area (Å²) in [5.41, 5.74) is 6.21. The lowest BCUT2D eigenvalue weighted by Gasteiger charge is -2.15. The molecule has 0 aromatic heterocycles. The van der Waals surface area contributed by atoms with Crippen molar-refractivity contribution in [1.29, 1.82) is 0 Å². The van der Waals surface area contributed by atoms with Gasteiger partial charge < -0.3 is 9.47 Å². The summed E-state index contributed by atoms with van der Waals surface area (Å²) in [6.07, 6.45) is 27.2. The number of rotatable bonds is 27. The quantitative estimate of drug-likeness (QED) is 0.0784. The van der Waals surface area contributed by atoms with Crippen LogP contribution in [0.4, 0.5) is 0 Å². The molecule has 1 unspecified atom stereocenters. The summed E-state index contributed by atoms with van der Waals surface area (Å²) in [7, 11) is 0. The topological polar surface area (TPSA) is 18.5 Å². The van der Waals surface area contributed by atoms with Crippen LogP contribution in [0.25, 0.3) is 22.3 Å². The van der Waals surface area contributed by atoms with Crippen molar-refractivity contribution >= 4 is 0 Å².